The van der Waals surface area contributed by atoms with E-state index in [1.165, 1.54) is 36.4 Å². The van der Waals surface area contributed by atoms with E-state index >= 15 is 0 Å². The molecular weight excluding hydrogens is 334 g/mol. The SMILES string of the molecule is CS(=O)(=O)c1ccccc1S(=O)(=O)Nc1ccccc1Cl. The Bertz CT molecular complexity index is 877. The third-order valence-corrected chi connectivity index (χ3v) is 5.69. The maximum absolute atomic E-state index is 12.4. The van der Waals surface area contributed by atoms with Crippen LogP contribution in [0, 0.1) is 0 Å². The molecule has 0 spiro atoms. The third kappa shape index (κ3) is 3.55. The number of para-hydroxylation sites is 1. The van der Waals surface area contributed by atoms with Gasteiger partial charge in [0.2, 0.25) is 0 Å². The zero-order valence-electron chi connectivity index (χ0n) is 10.9. The summed E-state index contributed by atoms with van der Waals surface area (Å²) in [5.41, 5.74) is 0.183. The van der Waals surface area contributed by atoms with E-state index in [4.69, 9.17) is 11.6 Å². The smallest absolute Gasteiger partial charge is 0.263 e. The molecule has 0 unspecified atom stereocenters. The first-order valence-corrected chi connectivity index (χ1v) is 9.53. The fourth-order valence-corrected chi connectivity index (χ4v) is 4.67. The van der Waals surface area contributed by atoms with Crippen LogP contribution in [0.4, 0.5) is 5.69 Å². The minimum Gasteiger partial charge on any atom is -0.278 e. The van der Waals surface area contributed by atoms with Gasteiger partial charge in [0.15, 0.2) is 9.84 Å². The summed E-state index contributed by atoms with van der Waals surface area (Å²) in [6.07, 6.45) is 0.955. The van der Waals surface area contributed by atoms with Crippen LogP contribution in [0.1, 0.15) is 0 Å². The largest absolute Gasteiger partial charge is 0.278 e. The summed E-state index contributed by atoms with van der Waals surface area (Å²) in [7, 11) is -7.73. The number of sulfone groups is 1. The number of sulfonamides is 1. The molecule has 0 aromatic heterocycles. The Hall–Kier alpha value is -1.57. The van der Waals surface area contributed by atoms with E-state index in [1.54, 1.807) is 12.1 Å². The van der Waals surface area contributed by atoms with E-state index in [9.17, 15) is 16.8 Å². The van der Waals surface area contributed by atoms with E-state index in [0.29, 0.717) is 0 Å². The Morgan fingerprint density at radius 1 is 0.857 bits per heavy atom. The van der Waals surface area contributed by atoms with Gasteiger partial charge in [-0.1, -0.05) is 35.9 Å². The summed E-state index contributed by atoms with van der Waals surface area (Å²) in [4.78, 5) is -0.572. The van der Waals surface area contributed by atoms with Gasteiger partial charge >= 0.3 is 0 Å². The lowest BCUT2D eigenvalue weighted by molar-refractivity contribution is 0.588. The summed E-state index contributed by atoms with van der Waals surface area (Å²) in [5, 5.41) is 0.220. The van der Waals surface area contributed by atoms with E-state index < -0.39 is 19.9 Å². The van der Waals surface area contributed by atoms with Crippen molar-refractivity contribution in [3.8, 4) is 0 Å². The highest BCUT2D eigenvalue weighted by Crippen LogP contribution is 2.26. The van der Waals surface area contributed by atoms with E-state index in [0.717, 1.165) is 6.26 Å². The van der Waals surface area contributed by atoms with Crippen LogP contribution in [0.25, 0.3) is 0 Å². The van der Waals surface area contributed by atoms with Crippen molar-refractivity contribution in [2.45, 2.75) is 9.79 Å². The van der Waals surface area contributed by atoms with Crippen LogP contribution in [0.3, 0.4) is 0 Å². The highest BCUT2D eigenvalue weighted by Gasteiger charge is 2.23. The van der Waals surface area contributed by atoms with Gasteiger partial charge in [-0.3, -0.25) is 4.72 Å². The van der Waals surface area contributed by atoms with Crippen molar-refractivity contribution in [1.82, 2.24) is 0 Å². The highest BCUT2D eigenvalue weighted by atomic mass is 35.5. The van der Waals surface area contributed by atoms with Crippen LogP contribution >= 0.6 is 11.6 Å². The average Bonchev–Trinajstić information content (AvgIpc) is 2.40. The van der Waals surface area contributed by atoms with E-state index in [-0.39, 0.29) is 20.5 Å². The zero-order chi connectivity index (χ0) is 15.7. The van der Waals surface area contributed by atoms with Gasteiger partial charge < -0.3 is 0 Å². The van der Waals surface area contributed by atoms with Crippen molar-refractivity contribution in [2.75, 3.05) is 11.0 Å². The summed E-state index contributed by atoms with van der Waals surface area (Å²) < 4.78 is 50.5. The molecule has 2 aromatic carbocycles. The molecule has 0 amide bonds. The summed E-state index contributed by atoms with van der Waals surface area (Å²) in [6.45, 7) is 0. The topological polar surface area (TPSA) is 80.3 Å². The summed E-state index contributed by atoms with van der Waals surface area (Å²) in [5.74, 6) is 0. The molecule has 21 heavy (non-hydrogen) atoms. The predicted octanol–water partition coefficient (Wildman–Crippen LogP) is 2.54. The molecule has 0 bridgehead atoms. The van der Waals surface area contributed by atoms with Gasteiger partial charge in [-0.25, -0.2) is 16.8 Å². The number of benzene rings is 2. The van der Waals surface area contributed by atoms with Crippen LogP contribution in [-0.2, 0) is 19.9 Å². The van der Waals surface area contributed by atoms with Gasteiger partial charge in [0.25, 0.3) is 10.0 Å². The monoisotopic (exact) mass is 345 g/mol. The van der Waals surface area contributed by atoms with Crippen molar-refractivity contribution >= 4 is 37.1 Å². The van der Waals surface area contributed by atoms with E-state index in [2.05, 4.69) is 4.72 Å². The minimum atomic E-state index is -4.06. The average molecular weight is 346 g/mol. The second-order valence-corrected chi connectivity index (χ2v) is 8.35. The molecular formula is C13H12ClNO4S2. The quantitative estimate of drug-likeness (QED) is 0.923. The second kappa shape index (κ2) is 5.67. The molecule has 5 nitrogen and oxygen atoms in total. The van der Waals surface area contributed by atoms with Crippen LogP contribution < -0.4 is 4.72 Å². The molecule has 0 fully saturated rings. The van der Waals surface area contributed by atoms with Gasteiger partial charge in [-0.2, -0.15) is 0 Å². The van der Waals surface area contributed by atoms with Crippen molar-refractivity contribution in [1.29, 1.82) is 0 Å². The van der Waals surface area contributed by atoms with Crippen molar-refractivity contribution < 1.29 is 16.8 Å². The third-order valence-electron chi connectivity index (χ3n) is 2.66. The number of rotatable bonds is 4. The summed E-state index contributed by atoms with van der Waals surface area (Å²) in [6, 6.07) is 11.7. The first kappa shape index (κ1) is 15.8. The Morgan fingerprint density at radius 2 is 1.38 bits per heavy atom. The van der Waals surface area contributed by atoms with Gasteiger partial charge in [0, 0.05) is 6.26 Å². The molecule has 0 radical (unpaired) electrons. The molecule has 8 heteroatoms. The maximum atomic E-state index is 12.4. The maximum Gasteiger partial charge on any atom is 0.263 e. The lowest BCUT2D eigenvalue weighted by atomic mass is 10.3. The molecule has 2 aromatic rings. The first-order chi connectivity index (χ1) is 9.72. The molecule has 0 heterocycles. The molecule has 0 saturated heterocycles. The summed E-state index contributed by atoms with van der Waals surface area (Å²) >= 11 is 5.90. The molecule has 0 aliphatic carbocycles. The Morgan fingerprint density at radius 3 is 1.95 bits per heavy atom. The predicted molar refractivity (Wildman–Crippen MR) is 81.8 cm³/mol. The minimum absolute atomic E-state index is 0.183. The van der Waals surface area contributed by atoms with Crippen molar-refractivity contribution in [3.63, 3.8) is 0 Å². The van der Waals surface area contributed by atoms with Crippen LogP contribution in [-0.4, -0.2) is 23.1 Å². The van der Waals surface area contributed by atoms with Gasteiger partial charge in [0.1, 0.15) is 4.90 Å². The van der Waals surface area contributed by atoms with Crippen LogP contribution in [0.5, 0.6) is 0 Å². The van der Waals surface area contributed by atoms with Crippen LogP contribution in [0.15, 0.2) is 58.3 Å². The Kier molecular flexibility index (Phi) is 4.27. The molecule has 0 aliphatic rings. The zero-order valence-corrected chi connectivity index (χ0v) is 13.3. The number of nitrogens with one attached hydrogen (secondary N) is 1. The van der Waals surface area contributed by atoms with Crippen molar-refractivity contribution in [3.05, 3.63) is 53.6 Å². The molecule has 0 saturated carbocycles. The fraction of sp³-hybridized carbons (Fsp3) is 0.0769. The van der Waals surface area contributed by atoms with Gasteiger partial charge in [-0.05, 0) is 24.3 Å². The Labute approximate surface area is 128 Å². The number of hydrogen-bond donors (Lipinski definition) is 1. The molecule has 2 rings (SSSR count). The normalized spacial score (nSPS) is 12.1. The van der Waals surface area contributed by atoms with Crippen LogP contribution in [0.2, 0.25) is 5.02 Å². The van der Waals surface area contributed by atoms with Gasteiger partial charge in [-0.15, -0.1) is 0 Å². The number of hydrogen-bond acceptors (Lipinski definition) is 4. The number of anilines is 1. The molecule has 1 N–H and O–H groups in total. The molecule has 0 atom stereocenters. The Balaban J connectivity index is 2.54. The standard InChI is InChI=1S/C13H12ClNO4S2/c1-20(16,17)12-8-4-5-9-13(12)21(18,19)15-11-7-3-2-6-10(11)14/h2-9,15H,1H3. The first-order valence-electron chi connectivity index (χ1n) is 5.78. The number of halogens is 1. The van der Waals surface area contributed by atoms with Gasteiger partial charge in [0.05, 0.1) is 15.6 Å². The lowest BCUT2D eigenvalue weighted by Crippen LogP contribution is -2.16. The lowest BCUT2D eigenvalue weighted by Gasteiger charge is -2.12. The fourth-order valence-electron chi connectivity index (χ4n) is 1.72. The highest BCUT2D eigenvalue weighted by molar-refractivity contribution is 7.95. The molecule has 0 aliphatic heterocycles. The van der Waals surface area contributed by atoms with Crippen molar-refractivity contribution in [2.24, 2.45) is 0 Å². The second-order valence-electron chi connectivity index (χ2n) is 4.30. The van der Waals surface area contributed by atoms with E-state index in [1.807, 2.05) is 0 Å². The molecule has 112 valence electrons.